The molecule has 0 aromatic heterocycles. The Labute approximate surface area is 91.9 Å². The molecule has 0 saturated heterocycles. The molecule has 0 rings (SSSR count). The van der Waals surface area contributed by atoms with Crippen LogP contribution in [-0.2, 0) is 63.1 Å². The normalized spacial score (nSPS) is 4.12. The average Bonchev–Trinajstić information content (AvgIpc) is 1.38. The first kappa shape index (κ1) is 22.7. The molecule has 0 fully saturated rings. The van der Waals surface area contributed by atoms with Crippen LogP contribution in [0, 0.1) is 14.4 Å². The number of carbonyl (C=O) groups is 1. The Morgan fingerprint density at radius 3 is 1.75 bits per heavy atom. The van der Waals surface area contributed by atoms with Crippen LogP contribution in [0.1, 0.15) is 0 Å². The van der Waals surface area contributed by atoms with Crippen LogP contribution >= 0.6 is 9.47 Å². The second-order valence-corrected chi connectivity index (χ2v) is 0.726. The van der Waals surface area contributed by atoms with Gasteiger partial charge in [0.25, 0.3) is 0 Å². The fraction of sp³-hybridized carbons (Fsp3) is 0. The van der Waals surface area contributed by atoms with Crippen LogP contribution in [0.5, 0.6) is 0 Å². The summed E-state index contributed by atoms with van der Waals surface area (Å²) in [6.07, 6.45) is 0. The van der Waals surface area contributed by atoms with Crippen molar-refractivity contribution < 1.29 is 63.1 Å². The molecule has 0 aliphatic carbocycles. The summed E-state index contributed by atoms with van der Waals surface area (Å²) in [5.41, 5.74) is 0. The number of carbonyl (C=O) groups excluding carboxylic acids is 1. The third-order valence-corrected chi connectivity index (χ3v) is 0.394. The van der Waals surface area contributed by atoms with Gasteiger partial charge < -0.3 is 12.0 Å². The third-order valence-electron chi connectivity index (χ3n) is 0.131. The Bertz CT molecular complexity index is 52.5. The van der Waals surface area contributed by atoms with Crippen molar-refractivity contribution in [3.63, 3.8) is 0 Å². The van der Waals surface area contributed by atoms with E-state index in [1.54, 1.807) is 9.47 Å². The zero-order chi connectivity index (χ0) is 4.28. The molecule has 2 nitrogen and oxygen atoms in total. The summed E-state index contributed by atoms with van der Waals surface area (Å²) in [6, 6.07) is 0. The van der Waals surface area contributed by atoms with Crippen molar-refractivity contribution in [3.05, 3.63) is 14.4 Å². The van der Waals surface area contributed by atoms with Crippen LogP contribution in [-0.4, -0.2) is 5.97 Å². The zero-order valence-electron chi connectivity index (χ0n) is 4.59. The van der Waals surface area contributed by atoms with Gasteiger partial charge in [-0.1, -0.05) is 0 Å². The predicted molar refractivity (Wildman–Crippen MR) is 27.6 cm³/mol. The number of hydrogen-bond acceptors (Lipinski definition) is 2. The fourth-order valence-corrected chi connectivity index (χ4v) is 0. The summed E-state index contributed by atoms with van der Waals surface area (Å²) in [6.45, 7) is 2.88. The van der Waals surface area contributed by atoms with Crippen molar-refractivity contribution in [2.75, 3.05) is 0 Å². The molecule has 45 valence electrons. The van der Waals surface area contributed by atoms with E-state index >= 15 is 0 Å². The SMILES string of the molecule is [CH2-]C(=O)OP.[CH3-].[W+2].[Y]. The van der Waals surface area contributed by atoms with Crippen LogP contribution in [0.3, 0.4) is 0 Å². The van der Waals surface area contributed by atoms with Gasteiger partial charge >= 0.3 is 21.1 Å². The van der Waals surface area contributed by atoms with E-state index in [1.165, 1.54) is 0 Å². The standard InChI is InChI=1S/C2H4O2P.CH3.W.Y/c1-2(3)4-5;;;/h1,5H2;1H3;;/q2*-1;+2;. The first-order chi connectivity index (χ1) is 2.27. The fourth-order valence-electron chi connectivity index (χ4n) is 0. The van der Waals surface area contributed by atoms with E-state index in [0.29, 0.717) is 0 Å². The van der Waals surface area contributed by atoms with E-state index in [-0.39, 0.29) is 61.2 Å². The minimum atomic E-state index is -0.532. The molecule has 5 heteroatoms. The Kier molecular flexibility index (Phi) is 44.8. The molecule has 0 bridgehead atoms. The van der Waals surface area contributed by atoms with Gasteiger partial charge in [-0.15, -0.1) is 0 Å². The molecule has 0 amide bonds. The molecule has 0 aliphatic rings. The van der Waals surface area contributed by atoms with Crippen molar-refractivity contribution in [2.45, 2.75) is 0 Å². The molecule has 1 atom stereocenters. The number of rotatable bonds is 0. The molecular weight excluding hydrogens is 372 g/mol. The zero-order valence-corrected chi connectivity index (χ0v) is 11.5. The van der Waals surface area contributed by atoms with Gasteiger partial charge in [0.2, 0.25) is 0 Å². The van der Waals surface area contributed by atoms with Crippen LogP contribution in [0.4, 0.5) is 0 Å². The van der Waals surface area contributed by atoms with Gasteiger partial charge in [-0.25, -0.2) is 0 Å². The molecule has 8 heavy (non-hydrogen) atoms. The Balaban J connectivity index is -0.0000000267. The van der Waals surface area contributed by atoms with Gasteiger partial charge in [0.15, 0.2) is 5.97 Å². The smallest absolute Gasteiger partial charge is 0.475 e. The van der Waals surface area contributed by atoms with Crippen LogP contribution in [0.25, 0.3) is 0 Å². The van der Waals surface area contributed by atoms with E-state index in [9.17, 15) is 4.79 Å². The largest absolute Gasteiger partial charge is 2.00 e. The monoisotopic (exact) mass is 379 g/mol. The Morgan fingerprint density at radius 1 is 1.62 bits per heavy atom. The summed E-state index contributed by atoms with van der Waals surface area (Å²) in [5.74, 6) is -0.532. The molecule has 0 saturated carbocycles. The Morgan fingerprint density at radius 2 is 1.75 bits per heavy atom. The summed E-state index contributed by atoms with van der Waals surface area (Å²) in [7, 11) is 1.78. The molecule has 0 spiro atoms. The second kappa shape index (κ2) is 15.8. The molecule has 0 aromatic rings. The van der Waals surface area contributed by atoms with Gasteiger partial charge in [-0.05, 0) is 0 Å². The molecule has 0 N–H and O–H groups in total. The third kappa shape index (κ3) is 25.7. The number of hydrogen-bond donors (Lipinski definition) is 0. The minimum absolute atomic E-state index is 0. The van der Waals surface area contributed by atoms with Crippen LogP contribution in [0.2, 0.25) is 0 Å². The van der Waals surface area contributed by atoms with E-state index in [0.717, 1.165) is 0 Å². The van der Waals surface area contributed by atoms with E-state index in [1.807, 2.05) is 0 Å². The summed E-state index contributed by atoms with van der Waals surface area (Å²) < 4.78 is 3.92. The summed E-state index contributed by atoms with van der Waals surface area (Å²) in [5, 5.41) is 0. The quantitative estimate of drug-likeness (QED) is 0.456. The molecular formula is C3H7O2PWY. The maximum atomic E-state index is 9.46. The van der Waals surface area contributed by atoms with Crippen LogP contribution < -0.4 is 0 Å². The van der Waals surface area contributed by atoms with Crippen molar-refractivity contribution in [1.82, 2.24) is 0 Å². The van der Waals surface area contributed by atoms with E-state index < -0.39 is 5.97 Å². The minimum Gasteiger partial charge on any atom is -0.475 e. The van der Waals surface area contributed by atoms with Gasteiger partial charge in [0.05, 0.1) is 9.47 Å². The average molecular weight is 379 g/mol. The first-order valence-electron chi connectivity index (χ1n) is 0.998. The van der Waals surface area contributed by atoms with Gasteiger partial charge in [0.1, 0.15) is 0 Å². The van der Waals surface area contributed by atoms with E-state index in [2.05, 4.69) is 11.4 Å². The molecule has 0 heterocycles. The second-order valence-electron chi connectivity index (χ2n) is 0.490. The van der Waals surface area contributed by atoms with Crippen molar-refractivity contribution in [1.29, 1.82) is 0 Å². The summed E-state index contributed by atoms with van der Waals surface area (Å²) in [4.78, 5) is 9.46. The van der Waals surface area contributed by atoms with Gasteiger partial charge in [-0.3, -0.25) is 11.7 Å². The van der Waals surface area contributed by atoms with Crippen LogP contribution in [0.15, 0.2) is 0 Å². The van der Waals surface area contributed by atoms with Crippen molar-refractivity contribution in [2.24, 2.45) is 0 Å². The molecule has 0 aromatic carbocycles. The van der Waals surface area contributed by atoms with E-state index in [4.69, 9.17) is 0 Å². The molecule has 0 aliphatic heterocycles. The maximum Gasteiger partial charge on any atom is 2.00 e. The predicted octanol–water partition coefficient (Wildman–Crippen LogP) is 0.599. The topological polar surface area (TPSA) is 26.3 Å². The van der Waals surface area contributed by atoms with Crippen molar-refractivity contribution >= 4 is 15.4 Å². The van der Waals surface area contributed by atoms with Gasteiger partial charge in [-0.2, -0.15) is 0 Å². The first-order valence-corrected chi connectivity index (χ1v) is 1.47. The maximum absolute atomic E-state index is 9.46. The Hall–Kier alpha value is 1.56. The molecule has 1 radical (unpaired) electrons. The summed E-state index contributed by atoms with van der Waals surface area (Å²) >= 11 is 0. The van der Waals surface area contributed by atoms with Gasteiger partial charge in [0, 0.05) is 32.7 Å². The van der Waals surface area contributed by atoms with Crippen molar-refractivity contribution in [3.8, 4) is 0 Å². The molecule has 1 unspecified atom stereocenters.